The molecule has 2 heterocycles. The van der Waals surface area contributed by atoms with Gasteiger partial charge in [0.1, 0.15) is 17.4 Å². The highest BCUT2D eigenvalue weighted by molar-refractivity contribution is 6.31. The molecule has 2 aliphatic heterocycles. The number of halogens is 5. The second-order valence-electron chi connectivity index (χ2n) is 8.08. The molecule has 2 fully saturated rings. The standard InChI is InChI=1S/C22H19ClF4N4O4/c23-10-3-11(5-14(4-10)35-21(26)27)28-22(34)29-12-8-31(9-12)13-6-16(24)19(17(25)7-13)15-1-2-18(32)30-20(15)33/h3-7,12,15,21H,1-2,8-9H2,(H2,28,29,34)(H,30,32,33)/t15-/m0/s1. The predicted octanol–water partition coefficient (Wildman–Crippen LogP) is 3.75. The number of imide groups is 1. The third kappa shape index (κ3) is 5.76. The number of anilines is 2. The molecule has 0 spiro atoms. The molecule has 35 heavy (non-hydrogen) atoms. The first-order valence-corrected chi connectivity index (χ1v) is 10.9. The average Bonchev–Trinajstić information content (AvgIpc) is 2.70. The van der Waals surface area contributed by atoms with Crippen molar-refractivity contribution < 1.29 is 36.7 Å². The third-order valence-corrected chi connectivity index (χ3v) is 5.81. The van der Waals surface area contributed by atoms with Gasteiger partial charge in [0.25, 0.3) is 0 Å². The Morgan fingerprint density at radius 1 is 1.11 bits per heavy atom. The van der Waals surface area contributed by atoms with E-state index in [2.05, 4.69) is 20.7 Å². The molecule has 3 N–H and O–H groups in total. The number of rotatable bonds is 6. The molecule has 0 radical (unpaired) electrons. The van der Waals surface area contributed by atoms with E-state index in [0.717, 1.165) is 12.1 Å². The predicted molar refractivity (Wildman–Crippen MR) is 118 cm³/mol. The van der Waals surface area contributed by atoms with Crippen molar-refractivity contribution in [3.63, 3.8) is 0 Å². The minimum absolute atomic E-state index is 0.00564. The SMILES string of the molecule is O=C1CC[C@@H](c2c(F)cc(N3CC(NC(=O)Nc4cc(Cl)cc(OC(F)F)c4)C3)cc2F)C(=O)N1. The van der Waals surface area contributed by atoms with E-state index >= 15 is 0 Å². The van der Waals surface area contributed by atoms with Crippen LogP contribution in [0.1, 0.15) is 24.3 Å². The summed E-state index contributed by atoms with van der Waals surface area (Å²) in [7, 11) is 0. The Bertz CT molecular complexity index is 1150. The van der Waals surface area contributed by atoms with E-state index in [-0.39, 0.29) is 59.7 Å². The quantitative estimate of drug-likeness (QED) is 0.403. The number of ether oxygens (including phenoxy) is 1. The molecule has 186 valence electrons. The Kier molecular flexibility index (Phi) is 7.01. The van der Waals surface area contributed by atoms with Gasteiger partial charge in [-0.25, -0.2) is 13.6 Å². The molecule has 13 heteroatoms. The van der Waals surface area contributed by atoms with Gasteiger partial charge < -0.3 is 20.3 Å². The van der Waals surface area contributed by atoms with E-state index in [0.29, 0.717) is 0 Å². The van der Waals surface area contributed by atoms with Crippen molar-refractivity contribution in [3.05, 3.63) is 52.6 Å². The molecule has 0 saturated carbocycles. The minimum Gasteiger partial charge on any atom is -0.435 e. The van der Waals surface area contributed by atoms with Gasteiger partial charge in [0.15, 0.2) is 0 Å². The highest BCUT2D eigenvalue weighted by atomic mass is 35.5. The minimum atomic E-state index is -3.05. The van der Waals surface area contributed by atoms with Crippen molar-refractivity contribution in [2.75, 3.05) is 23.3 Å². The number of carbonyl (C=O) groups excluding carboxylic acids is 3. The van der Waals surface area contributed by atoms with E-state index < -0.39 is 42.0 Å². The van der Waals surface area contributed by atoms with Crippen molar-refractivity contribution in [2.45, 2.75) is 31.4 Å². The molecule has 2 saturated heterocycles. The van der Waals surface area contributed by atoms with Gasteiger partial charge in [-0.2, -0.15) is 8.78 Å². The Labute approximate surface area is 201 Å². The molecule has 2 aromatic carbocycles. The van der Waals surface area contributed by atoms with Crippen LogP contribution in [-0.4, -0.2) is 43.6 Å². The maximum absolute atomic E-state index is 14.7. The van der Waals surface area contributed by atoms with Crippen LogP contribution in [0.25, 0.3) is 0 Å². The summed E-state index contributed by atoms with van der Waals surface area (Å²) in [4.78, 5) is 37.1. The van der Waals surface area contributed by atoms with Gasteiger partial charge in [0.05, 0.1) is 12.0 Å². The summed E-state index contributed by atoms with van der Waals surface area (Å²) in [6.07, 6.45) is 0.0133. The van der Waals surface area contributed by atoms with Crippen molar-refractivity contribution in [3.8, 4) is 5.75 Å². The first kappa shape index (κ1) is 24.6. The van der Waals surface area contributed by atoms with Crippen LogP contribution in [0.2, 0.25) is 5.02 Å². The van der Waals surface area contributed by atoms with Crippen LogP contribution in [0, 0.1) is 11.6 Å². The van der Waals surface area contributed by atoms with E-state index in [9.17, 15) is 31.9 Å². The molecule has 8 nitrogen and oxygen atoms in total. The molecule has 4 rings (SSSR count). The monoisotopic (exact) mass is 514 g/mol. The first-order chi connectivity index (χ1) is 16.6. The van der Waals surface area contributed by atoms with Gasteiger partial charge in [0, 0.05) is 47.5 Å². The number of hydrogen-bond donors (Lipinski definition) is 3. The number of nitrogens with one attached hydrogen (secondary N) is 3. The Morgan fingerprint density at radius 2 is 1.80 bits per heavy atom. The number of amides is 4. The van der Waals surface area contributed by atoms with Crippen LogP contribution >= 0.6 is 11.6 Å². The topological polar surface area (TPSA) is 99.8 Å². The lowest BCUT2D eigenvalue weighted by atomic mass is 9.89. The number of carbonyl (C=O) groups is 3. The van der Waals surface area contributed by atoms with Crippen LogP contribution in [0.4, 0.5) is 33.7 Å². The maximum Gasteiger partial charge on any atom is 0.387 e. The van der Waals surface area contributed by atoms with Gasteiger partial charge in [0.2, 0.25) is 11.8 Å². The van der Waals surface area contributed by atoms with E-state index in [1.165, 1.54) is 18.2 Å². The van der Waals surface area contributed by atoms with Crippen molar-refractivity contribution in [2.24, 2.45) is 0 Å². The molecule has 0 aromatic heterocycles. The fraction of sp³-hybridized carbons (Fsp3) is 0.318. The van der Waals surface area contributed by atoms with Gasteiger partial charge in [-0.15, -0.1) is 0 Å². The zero-order valence-electron chi connectivity index (χ0n) is 17.9. The number of urea groups is 1. The molecule has 2 aromatic rings. The van der Waals surface area contributed by atoms with Gasteiger partial charge >= 0.3 is 12.6 Å². The molecule has 0 bridgehead atoms. The lowest BCUT2D eigenvalue weighted by Crippen LogP contribution is -2.60. The second-order valence-corrected chi connectivity index (χ2v) is 8.52. The van der Waals surface area contributed by atoms with Gasteiger partial charge in [-0.1, -0.05) is 11.6 Å². The normalized spacial score (nSPS) is 18.2. The van der Waals surface area contributed by atoms with Crippen molar-refractivity contribution in [1.29, 1.82) is 0 Å². The van der Waals surface area contributed by atoms with Crippen LogP contribution in [0.15, 0.2) is 30.3 Å². The van der Waals surface area contributed by atoms with Crippen LogP contribution in [0.3, 0.4) is 0 Å². The largest absolute Gasteiger partial charge is 0.435 e. The van der Waals surface area contributed by atoms with Gasteiger partial charge in [-0.3, -0.25) is 14.9 Å². The summed E-state index contributed by atoms with van der Waals surface area (Å²) >= 11 is 5.85. The van der Waals surface area contributed by atoms with E-state index in [1.54, 1.807) is 4.90 Å². The van der Waals surface area contributed by atoms with E-state index in [1.807, 2.05) is 0 Å². The zero-order chi connectivity index (χ0) is 25.3. The Morgan fingerprint density at radius 3 is 2.43 bits per heavy atom. The second kappa shape index (κ2) is 9.98. The highest BCUT2D eigenvalue weighted by Gasteiger charge is 2.34. The fourth-order valence-electron chi connectivity index (χ4n) is 3.99. The number of nitrogens with zero attached hydrogens (tertiary/aromatic N) is 1. The van der Waals surface area contributed by atoms with Crippen molar-refractivity contribution >= 4 is 40.8 Å². The van der Waals surface area contributed by atoms with E-state index in [4.69, 9.17) is 11.6 Å². The van der Waals surface area contributed by atoms with Crippen LogP contribution in [-0.2, 0) is 9.59 Å². The smallest absolute Gasteiger partial charge is 0.387 e. The third-order valence-electron chi connectivity index (χ3n) is 5.59. The molecule has 1 atom stereocenters. The number of hydrogen-bond acceptors (Lipinski definition) is 5. The first-order valence-electron chi connectivity index (χ1n) is 10.5. The summed E-state index contributed by atoms with van der Waals surface area (Å²) in [5, 5.41) is 7.27. The fourth-order valence-corrected chi connectivity index (χ4v) is 4.22. The Balaban J connectivity index is 1.34. The molecular weight excluding hydrogens is 496 g/mol. The summed E-state index contributed by atoms with van der Waals surface area (Å²) in [6, 6.07) is 4.92. The van der Waals surface area contributed by atoms with Crippen molar-refractivity contribution in [1.82, 2.24) is 10.6 Å². The number of alkyl halides is 2. The molecule has 4 amide bonds. The number of piperidine rings is 1. The summed E-state index contributed by atoms with van der Waals surface area (Å²) in [5.41, 5.74) is -0.0156. The van der Waals surface area contributed by atoms with Crippen LogP contribution in [0.5, 0.6) is 5.75 Å². The molecule has 2 aliphatic rings. The molecule has 0 aliphatic carbocycles. The molecule has 0 unspecified atom stereocenters. The highest BCUT2D eigenvalue weighted by Crippen LogP contribution is 2.33. The zero-order valence-corrected chi connectivity index (χ0v) is 18.7. The molecular formula is C22H19ClF4N4O4. The lowest BCUT2D eigenvalue weighted by molar-refractivity contribution is -0.134. The summed E-state index contributed by atoms with van der Waals surface area (Å²) < 4.78 is 58.5. The summed E-state index contributed by atoms with van der Waals surface area (Å²) in [5.74, 6) is -4.32. The van der Waals surface area contributed by atoms with Crippen LogP contribution < -0.4 is 25.6 Å². The van der Waals surface area contributed by atoms with Gasteiger partial charge in [-0.05, 0) is 30.7 Å². The Hall–Kier alpha value is -3.54. The summed E-state index contributed by atoms with van der Waals surface area (Å²) in [6.45, 7) is -2.55. The lowest BCUT2D eigenvalue weighted by Gasteiger charge is -2.41. The average molecular weight is 515 g/mol. The maximum atomic E-state index is 14.7. The number of benzene rings is 2.